The van der Waals surface area contributed by atoms with E-state index in [-0.39, 0.29) is 21.3 Å². The molecule has 1 heterocycles. The van der Waals surface area contributed by atoms with Gasteiger partial charge >= 0.3 is 17.6 Å². The van der Waals surface area contributed by atoms with Crippen molar-refractivity contribution in [3.63, 3.8) is 0 Å². The summed E-state index contributed by atoms with van der Waals surface area (Å²) in [6.45, 7) is 0. The molecule has 0 unspecified atom stereocenters. The maximum atomic E-state index is 12.8. The molecule has 3 rings (SSSR count). The third-order valence-corrected chi connectivity index (χ3v) is 4.09. The van der Waals surface area contributed by atoms with Crippen LogP contribution in [0.4, 0.5) is 13.2 Å². The maximum absolute atomic E-state index is 12.8. The lowest BCUT2D eigenvalue weighted by molar-refractivity contribution is -0.137. The van der Waals surface area contributed by atoms with E-state index in [1.165, 1.54) is 24.3 Å². The van der Waals surface area contributed by atoms with E-state index in [1.54, 1.807) is 0 Å². The number of rotatable bonds is 2. The Bertz CT molecular complexity index is 1080. The highest BCUT2D eigenvalue weighted by atomic mass is 35.5. The number of benzene rings is 2. The smallest absolute Gasteiger partial charge is 0.390 e. The number of alkyl halides is 3. The first-order valence-electron chi connectivity index (χ1n) is 6.94. The van der Waals surface area contributed by atoms with Crippen LogP contribution in [0.3, 0.4) is 0 Å². The van der Waals surface area contributed by atoms with Crippen LogP contribution in [-0.4, -0.2) is 9.55 Å². The maximum Gasteiger partial charge on any atom is 0.429 e. The number of hydrogen-bond donors (Lipinski definition) is 0. The predicted octanol–water partition coefficient (Wildman–Crippen LogP) is 4.18. The summed E-state index contributed by atoms with van der Waals surface area (Å²) in [6, 6.07) is 7.90. The molecule has 0 amide bonds. The number of halogens is 5. The molecule has 3 aromatic rings. The standard InChI is InChI=1S/C16H7Cl2F3N2O3/c17-11-5-4-10(7-12(11)18)23-14(24)22-13(26-15(23)25)8-2-1-3-9(6-8)16(19,20)21/h1-7H. The molecule has 0 saturated heterocycles. The van der Waals surface area contributed by atoms with Crippen LogP contribution < -0.4 is 11.4 Å². The Hall–Kier alpha value is -2.58. The van der Waals surface area contributed by atoms with Crippen LogP contribution in [0.2, 0.25) is 10.0 Å². The van der Waals surface area contributed by atoms with E-state index in [2.05, 4.69) is 4.98 Å². The van der Waals surface area contributed by atoms with Gasteiger partial charge in [-0.05, 0) is 36.4 Å². The normalized spacial score (nSPS) is 11.6. The Morgan fingerprint density at radius 1 is 1.00 bits per heavy atom. The molecular weight excluding hydrogens is 396 g/mol. The van der Waals surface area contributed by atoms with Gasteiger partial charge in [-0.25, -0.2) is 9.59 Å². The molecule has 0 aliphatic carbocycles. The van der Waals surface area contributed by atoms with Gasteiger partial charge < -0.3 is 4.42 Å². The van der Waals surface area contributed by atoms with Gasteiger partial charge in [-0.15, -0.1) is 0 Å². The van der Waals surface area contributed by atoms with E-state index in [9.17, 15) is 22.8 Å². The molecule has 134 valence electrons. The van der Waals surface area contributed by atoms with Crippen molar-refractivity contribution in [1.29, 1.82) is 0 Å². The third kappa shape index (κ3) is 3.51. The van der Waals surface area contributed by atoms with E-state index in [0.717, 1.165) is 18.2 Å². The highest BCUT2D eigenvalue weighted by Gasteiger charge is 2.30. The molecule has 0 atom stereocenters. The first kappa shape index (κ1) is 18.2. The Morgan fingerprint density at radius 3 is 2.35 bits per heavy atom. The van der Waals surface area contributed by atoms with Gasteiger partial charge in [-0.1, -0.05) is 29.3 Å². The Labute approximate surface area is 153 Å². The average molecular weight is 403 g/mol. The zero-order valence-corrected chi connectivity index (χ0v) is 14.1. The van der Waals surface area contributed by atoms with E-state index < -0.39 is 29.1 Å². The second kappa shape index (κ2) is 6.62. The lowest BCUT2D eigenvalue weighted by Gasteiger charge is -2.08. The van der Waals surface area contributed by atoms with Gasteiger partial charge in [-0.3, -0.25) is 0 Å². The van der Waals surface area contributed by atoms with Crippen LogP contribution in [0, 0.1) is 0 Å². The largest absolute Gasteiger partial charge is 0.429 e. The molecule has 0 aliphatic rings. The lowest BCUT2D eigenvalue weighted by Crippen LogP contribution is -2.33. The van der Waals surface area contributed by atoms with Crippen LogP contribution in [0.15, 0.2) is 56.5 Å². The summed E-state index contributed by atoms with van der Waals surface area (Å²) in [5, 5.41) is 0.304. The van der Waals surface area contributed by atoms with Crippen molar-refractivity contribution < 1.29 is 17.6 Å². The van der Waals surface area contributed by atoms with Crippen molar-refractivity contribution >= 4 is 23.2 Å². The molecule has 0 fully saturated rings. The number of aromatic nitrogens is 2. The fraction of sp³-hybridized carbons (Fsp3) is 0.0625. The van der Waals surface area contributed by atoms with Gasteiger partial charge in [0.1, 0.15) is 0 Å². The minimum Gasteiger partial charge on any atom is -0.390 e. The molecule has 2 aromatic carbocycles. The van der Waals surface area contributed by atoms with Crippen molar-refractivity contribution in [3.8, 4) is 17.1 Å². The molecular formula is C16H7Cl2F3N2O3. The van der Waals surface area contributed by atoms with Crippen LogP contribution in [0.25, 0.3) is 17.1 Å². The fourth-order valence-corrected chi connectivity index (χ4v) is 2.45. The van der Waals surface area contributed by atoms with Gasteiger partial charge in [0.15, 0.2) is 0 Å². The minimum absolute atomic E-state index is 0.0567. The highest BCUT2D eigenvalue weighted by molar-refractivity contribution is 6.42. The zero-order valence-electron chi connectivity index (χ0n) is 12.6. The second-order valence-electron chi connectivity index (χ2n) is 5.08. The van der Waals surface area contributed by atoms with Crippen LogP contribution in [0.1, 0.15) is 5.56 Å². The summed E-state index contributed by atoms with van der Waals surface area (Å²) in [6.07, 6.45) is -4.59. The first-order valence-corrected chi connectivity index (χ1v) is 7.69. The second-order valence-corrected chi connectivity index (χ2v) is 5.89. The number of nitrogens with zero attached hydrogens (tertiary/aromatic N) is 2. The van der Waals surface area contributed by atoms with Crippen LogP contribution in [-0.2, 0) is 6.18 Å². The van der Waals surface area contributed by atoms with E-state index in [0.29, 0.717) is 4.57 Å². The van der Waals surface area contributed by atoms with Gasteiger partial charge in [0.2, 0.25) is 5.89 Å². The molecule has 0 radical (unpaired) electrons. The van der Waals surface area contributed by atoms with Crippen molar-refractivity contribution in [3.05, 3.63) is 79.1 Å². The highest BCUT2D eigenvalue weighted by Crippen LogP contribution is 2.31. The summed E-state index contributed by atoms with van der Waals surface area (Å²) in [5.41, 5.74) is -2.10. The molecule has 26 heavy (non-hydrogen) atoms. The van der Waals surface area contributed by atoms with Gasteiger partial charge in [0, 0.05) is 5.56 Å². The van der Waals surface area contributed by atoms with Gasteiger partial charge in [0.25, 0.3) is 0 Å². The summed E-state index contributed by atoms with van der Waals surface area (Å²) >= 11 is 11.6. The molecule has 0 saturated carbocycles. The zero-order chi connectivity index (χ0) is 19.1. The van der Waals surface area contributed by atoms with Crippen LogP contribution in [0.5, 0.6) is 0 Å². The van der Waals surface area contributed by atoms with E-state index >= 15 is 0 Å². The summed E-state index contributed by atoms with van der Waals surface area (Å²) in [7, 11) is 0. The van der Waals surface area contributed by atoms with Crippen molar-refractivity contribution in [2.45, 2.75) is 6.18 Å². The molecule has 0 spiro atoms. The first-order chi connectivity index (χ1) is 12.2. The molecule has 1 aromatic heterocycles. The summed E-state index contributed by atoms with van der Waals surface area (Å²) in [4.78, 5) is 27.9. The Morgan fingerprint density at radius 2 is 1.73 bits per heavy atom. The predicted molar refractivity (Wildman–Crippen MR) is 88.8 cm³/mol. The third-order valence-electron chi connectivity index (χ3n) is 3.35. The van der Waals surface area contributed by atoms with Crippen molar-refractivity contribution in [1.82, 2.24) is 9.55 Å². The summed E-state index contributed by atoms with van der Waals surface area (Å²) < 4.78 is 43.9. The average Bonchev–Trinajstić information content (AvgIpc) is 2.57. The monoisotopic (exact) mass is 402 g/mol. The number of hydrogen-bond acceptors (Lipinski definition) is 4. The van der Waals surface area contributed by atoms with Crippen molar-refractivity contribution in [2.24, 2.45) is 0 Å². The fourth-order valence-electron chi connectivity index (χ4n) is 2.16. The molecule has 0 aliphatic heterocycles. The molecule has 5 nitrogen and oxygen atoms in total. The van der Waals surface area contributed by atoms with Gasteiger partial charge in [-0.2, -0.15) is 22.7 Å². The minimum atomic E-state index is -4.59. The van der Waals surface area contributed by atoms with Crippen molar-refractivity contribution in [2.75, 3.05) is 0 Å². The molecule has 0 N–H and O–H groups in total. The van der Waals surface area contributed by atoms with Crippen LogP contribution >= 0.6 is 23.2 Å². The topological polar surface area (TPSA) is 65.1 Å². The Balaban J connectivity index is 2.13. The summed E-state index contributed by atoms with van der Waals surface area (Å²) in [5.74, 6) is -1.65. The SMILES string of the molecule is O=c1nc(-c2cccc(C(F)(F)F)c2)oc(=O)n1-c1ccc(Cl)c(Cl)c1. The van der Waals surface area contributed by atoms with E-state index in [4.69, 9.17) is 27.6 Å². The molecule has 10 heteroatoms. The Kier molecular flexibility index (Phi) is 4.64. The lowest BCUT2D eigenvalue weighted by atomic mass is 10.1. The molecule has 0 bridgehead atoms. The van der Waals surface area contributed by atoms with Gasteiger partial charge in [0.05, 0.1) is 21.3 Å². The quantitative estimate of drug-likeness (QED) is 0.644. The van der Waals surface area contributed by atoms with E-state index in [1.807, 2.05) is 0 Å².